The Balaban J connectivity index is 2.35. The van der Waals surface area contributed by atoms with Crippen LogP contribution >= 0.6 is 15.9 Å². The Labute approximate surface area is 124 Å². The molecule has 1 aromatic carbocycles. The lowest BCUT2D eigenvalue weighted by atomic mass is 10.1. The van der Waals surface area contributed by atoms with Gasteiger partial charge < -0.3 is 5.32 Å². The van der Waals surface area contributed by atoms with Crippen LogP contribution in [0, 0.1) is 0 Å². The summed E-state index contributed by atoms with van der Waals surface area (Å²) < 4.78 is 1.04. The molecule has 104 valence electrons. The van der Waals surface area contributed by atoms with Gasteiger partial charge in [-0.05, 0) is 37.1 Å². The van der Waals surface area contributed by atoms with E-state index in [0.717, 1.165) is 16.5 Å². The van der Waals surface area contributed by atoms with Crippen molar-refractivity contribution in [3.63, 3.8) is 0 Å². The second kappa shape index (κ2) is 8.92. The van der Waals surface area contributed by atoms with E-state index in [2.05, 4.69) is 35.1 Å². The van der Waals surface area contributed by atoms with Crippen molar-refractivity contribution < 1.29 is 4.79 Å². The summed E-state index contributed by atoms with van der Waals surface area (Å²) in [6, 6.07) is 8.11. The maximum absolute atomic E-state index is 11.7. The van der Waals surface area contributed by atoms with E-state index in [1.807, 2.05) is 30.3 Å². The SMILES string of the molecule is CCCCCC(C)NC(=O)/C=C/c1ccc(Br)cc1. The smallest absolute Gasteiger partial charge is 0.244 e. The summed E-state index contributed by atoms with van der Waals surface area (Å²) in [7, 11) is 0. The molecule has 1 atom stereocenters. The molecule has 0 aliphatic carbocycles. The van der Waals surface area contributed by atoms with Crippen molar-refractivity contribution in [2.24, 2.45) is 0 Å². The van der Waals surface area contributed by atoms with E-state index in [4.69, 9.17) is 0 Å². The Morgan fingerprint density at radius 1 is 1.32 bits per heavy atom. The molecule has 0 fully saturated rings. The highest BCUT2D eigenvalue weighted by Crippen LogP contribution is 2.11. The molecule has 0 aromatic heterocycles. The second-order valence-corrected chi connectivity index (χ2v) is 5.71. The molecule has 19 heavy (non-hydrogen) atoms. The Morgan fingerprint density at radius 3 is 2.63 bits per heavy atom. The largest absolute Gasteiger partial charge is 0.350 e. The first-order valence-corrected chi connectivity index (χ1v) is 7.65. The zero-order chi connectivity index (χ0) is 14.1. The minimum Gasteiger partial charge on any atom is -0.350 e. The standard InChI is InChI=1S/C16H22BrNO/c1-3-4-5-6-13(2)18-16(19)12-9-14-7-10-15(17)11-8-14/h7-13H,3-6H2,1-2H3,(H,18,19)/b12-9+. The number of hydrogen-bond donors (Lipinski definition) is 1. The van der Waals surface area contributed by atoms with Gasteiger partial charge in [0.2, 0.25) is 5.91 Å². The fourth-order valence-electron chi connectivity index (χ4n) is 1.81. The number of unbranched alkanes of at least 4 members (excludes halogenated alkanes) is 2. The number of carbonyl (C=O) groups excluding carboxylic acids is 1. The third-order valence-corrected chi connectivity index (χ3v) is 3.46. The van der Waals surface area contributed by atoms with Crippen LogP contribution < -0.4 is 5.32 Å². The van der Waals surface area contributed by atoms with Crippen molar-refractivity contribution >= 4 is 27.9 Å². The zero-order valence-corrected chi connectivity index (χ0v) is 13.2. The molecule has 0 radical (unpaired) electrons. The highest BCUT2D eigenvalue weighted by atomic mass is 79.9. The number of rotatable bonds is 7. The van der Waals surface area contributed by atoms with Crippen LogP contribution in [-0.4, -0.2) is 11.9 Å². The summed E-state index contributed by atoms with van der Waals surface area (Å²) in [6.45, 7) is 4.24. The first-order chi connectivity index (χ1) is 9.11. The van der Waals surface area contributed by atoms with Gasteiger partial charge in [-0.2, -0.15) is 0 Å². The molecule has 0 heterocycles. The van der Waals surface area contributed by atoms with Crippen molar-refractivity contribution in [1.82, 2.24) is 5.32 Å². The van der Waals surface area contributed by atoms with Crippen LogP contribution in [-0.2, 0) is 4.79 Å². The predicted octanol–water partition coefficient (Wildman–Crippen LogP) is 4.55. The fraction of sp³-hybridized carbons (Fsp3) is 0.438. The molecule has 1 aromatic rings. The minimum absolute atomic E-state index is 0.0214. The molecular formula is C16H22BrNO. The van der Waals surface area contributed by atoms with Gasteiger partial charge in [-0.25, -0.2) is 0 Å². The third-order valence-electron chi connectivity index (χ3n) is 2.93. The Morgan fingerprint density at radius 2 is 2.00 bits per heavy atom. The highest BCUT2D eigenvalue weighted by molar-refractivity contribution is 9.10. The Bertz CT molecular complexity index is 411. The molecule has 3 heteroatoms. The van der Waals surface area contributed by atoms with Crippen molar-refractivity contribution in [3.05, 3.63) is 40.4 Å². The second-order valence-electron chi connectivity index (χ2n) is 4.79. The van der Waals surface area contributed by atoms with E-state index in [0.29, 0.717) is 0 Å². The van der Waals surface area contributed by atoms with E-state index in [1.165, 1.54) is 19.3 Å². The van der Waals surface area contributed by atoms with Gasteiger partial charge in [0, 0.05) is 16.6 Å². The van der Waals surface area contributed by atoms with Crippen LogP contribution in [0.15, 0.2) is 34.8 Å². The zero-order valence-electron chi connectivity index (χ0n) is 11.7. The van der Waals surface area contributed by atoms with E-state index >= 15 is 0 Å². The lowest BCUT2D eigenvalue weighted by Crippen LogP contribution is -2.30. The van der Waals surface area contributed by atoms with Crippen LogP contribution in [0.3, 0.4) is 0 Å². The molecule has 0 spiro atoms. The number of amides is 1. The molecule has 1 N–H and O–H groups in total. The number of nitrogens with one attached hydrogen (secondary N) is 1. The molecule has 2 nitrogen and oxygen atoms in total. The van der Waals surface area contributed by atoms with Gasteiger partial charge in [-0.1, -0.05) is 54.2 Å². The number of benzene rings is 1. The van der Waals surface area contributed by atoms with Gasteiger partial charge in [0.1, 0.15) is 0 Å². The molecule has 0 aliphatic heterocycles. The lowest BCUT2D eigenvalue weighted by molar-refractivity contribution is -0.117. The van der Waals surface area contributed by atoms with Gasteiger partial charge in [0.25, 0.3) is 0 Å². The number of hydrogen-bond acceptors (Lipinski definition) is 1. The molecule has 0 bridgehead atoms. The quantitative estimate of drug-likeness (QED) is 0.579. The summed E-state index contributed by atoms with van der Waals surface area (Å²) in [4.78, 5) is 11.7. The summed E-state index contributed by atoms with van der Waals surface area (Å²) in [5, 5.41) is 2.99. The van der Waals surface area contributed by atoms with E-state index in [-0.39, 0.29) is 11.9 Å². The minimum atomic E-state index is -0.0214. The molecule has 0 saturated carbocycles. The van der Waals surface area contributed by atoms with Crippen LogP contribution in [0.1, 0.15) is 45.1 Å². The van der Waals surface area contributed by atoms with Gasteiger partial charge in [0.05, 0.1) is 0 Å². The van der Waals surface area contributed by atoms with Gasteiger partial charge >= 0.3 is 0 Å². The highest BCUT2D eigenvalue weighted by Gasteiger charge is 2.03. The van der Waals surface area contributed by atoms with Gasteiger partial charge in [0.15, 0.2) is 0 Å². The van der Waals surface area contributed by atoms with Gasteiger partial charge in [-0.3, -0.25) is 4.79 Å². The van der Waals surface area contributed by atoms with E-state index < -0.39 is 0 Å². The normalized spacial score (nSPS) is 12.6. The molecule has 1 unspecified atom stereocenters. The van der Waals surface area contributed by atoms with Crippen molar-refractivity contribution in [2.75, 3.05) is 0 Å². The molecule has 0 saturated heterocycles. The fourth-order valence-corrected chi connectivity index (χ4v) is 2.07. The van der Waals surface area contributed by atoms with Crippen LogP contribution in [0.2, 0.25) is 0 Å². The topological polar surface area (TPSA) is 29.1 Å². The van der Waals surface area contributed by atoms with E-state index in [9.17, 15) is 4.79 Å². The first-order valence-electron chi connectivity index (χ1n) is 6.86. The average molecular weight is 324 g/mol. The van der Waals surface area contributed by atoms with Crippen molar-refractivity contribution in [3.8, 4) is 0 Å². The summed E-state index contributed by atoms with van der Waals surface area (Å²) in [5.41, 5.74) is 1.02. The third kappa shape index (κ3) is 7.16. The van der Waals surface area contributed by atoms with Gasteiger partial charge in [-0.15, -0.1) is 0 Å². The summed E-state index contributed by atoms with van der Waals surface area (Å²) in [5.74, 6) is -0.0214. The first kappa shape index (κ1) is 16.0. The number of halogens is 1. The molecule has 1 rings (SSSR count). The monoisotopic (exact) mass is 323 g/mol. The molecule has 1 amide bonds. The average Bonchev–Trinajstić information content (AvgIpc) is 2.38. The Kier molecular flexibility index (Phi) is 7.49. The van der Waals surface area contributed by atoms with Crippen LogP contribution in [0.5, 0.6) is 0 Å². The summed E-state index contributed by atoms with van der Waals surface area (Å²) >= 11 is 3.38. The summed E-state index contributed by atoms with van der Waals surface area (Å²) in [6.07, 6.45) is 8.10. The van der Waals surface area contributed by atoms with Crippen molar-refractivity contribution in [1.29, 1.82) is 0 Å². The van der Waals surface area contributed by atoms with Crippen LogP contribution in [0.25, 0.3) is 6.08 Å². The molecular weight excluding hydrogens is 302 g/mol. The van der Waals surface area contributed by atoms with Crippen molar-refractivity contribution in [2.45, 2.75) is 45.6 Å². The lowest BCUT2D eigenvalue weighted by Gasteiger charge is -2.11. The predicted molar refractivity (Wildman–Crippen MR) is 84.9 cm³/mol. The maximum Gasteiger partial charge on any atom is 0.244 e. The Hall–Kier alpha value is -1.09. The molecule has 0 aliphatic rings. The van der Waals surface area contributed by atoms with Crippen LogP contribution in [0.4, 0.5) is 0 Å². The maximum atomic E-state index is 11.7. The van der Waals surface area contributed by atoms with E-state index in [1.54, 1.807) is 6.08 Å². The number of carbonyl (C=O) groups is 1.